The Labute approximate surface area is 209 Å². The molecule has 0 unspecified atom stereocenters. The Morgan fingerprint density at radius 3 is 2.25 bits per heavy atom. The molecule has 0 fully saturated rings. The van der Waals surface area contributed by atoms with Gasteiger partial charge in [-0.15, -0.1) is 0 Å². The second kappa shape index (κ2) is 10.4. The van der Waals surface area contributed by atoms with Crippen LogP contribution in [0, 0.1) is 17.1 Å². The maximum atomic E-state index is 14.8. The monoisotopic (exact) mass is 509 g/mol. The molecule has 0 saturated heterocycles. The zero-order valence-electron chi connectivity index (χ0n) is 20.2. The van der Waals surface area contributed by atoms with E-state index in [0.29, 0.717) is 11.1 Å². The van der Waals surface area contributed by atoms with E-state index in [2.05, 4.69) is 10.0 Å². The van der Waals surface area contributed by atoms with E-state index in [4.69, 9.17) is 5.26 Å². The Morgan fingerprint density at radius 2 is 1.64 bits per heavy atom. The minimum absolute atomic E-state index is 0.0499. The molecule has 0 aromatic heterocycles. The standard InChI is InChI=1S/C27H25F2N3O3S/c1-17(19-11-14-23(28)20(15-19)16-30)25(29)26(33)31-21-12-9-18(10-13-21)22-7-5-6-8-24(22)36(34,35)32-27(2,3)4/h5-15,32H,1-4H3,(H,31,33)/b25-17-. The molecular weight excluding hydrogens is 484 g/mol. The van der Waals surface area contributed by atoms with Gasteiger partial charge in [-0.25, -0.2) is 21.9 Å². The van der Waals surface area contributed by atoms with Crippen LogP contribution < -0.4 is 10.0 Å². The van der Waals surface area contributed by atoms with E-state index in [1.807, 2.05) is 0 Å². The fraction of sp³-hybridized carbons (Fsp3) is 0.185. The van der Waals surface area contributed by atoms with Gasteiger partial charge in [0, 0.05) is 16.8 Å². The van der Waals surface area contributed by atoms with Crippen LogP contribution in [0.3, 0.4) is 0 Å². The number of nitrogens with zero attached hydrogens (tertiary/aromatic N) is 1. The van der Waals surface area contributed by atoms with Gasteiger partial charge in [0.2, 0.25) is 10.0 Å². The maximum Gasteiger partial charge on any atom is 0.284 e. The number of rotatable bonds is 6. The summed E-state index contributed by atoms with van der Waals surface area (Å²) in [5.41, 5.74) is 0.583. The highest BCUT2D eigenvalue weighted by Crippen LogP contribution is 2.29. The molecule has 0 aliphatic rings. The Morgan fingerprint density at radius 1 is 1.00 bits per heavy atom. The molecule has 0 spiro atoms. The van der Waals surface area contributed by atoms with Gasteiger partial charge in [0.1, 0.15) is 11.9 Å². The molecular formula is C27H25F2N3O3S. The molecule has 3 aromatic rings. The number of sulfonamides is 1. The van der Waals surface area contributed by atoms with E-state index in [1.165, 1.54) is 37.3 Å². The molecule has 0 heterocycles. The predicted octanol–water partition coefficient (Wildman–Crippen LogP) is 5.78. The lowest BCUT2D eigenvalue weighted by Crippen LogP contribution is -2.40. The topological polar surface area (TPSA) is 99.1 Å². The lowest BCUT2D eigenvalue weighted by molar-refractivity contribution is -0.114. The first-order valence-electron chi connectivity index (χ1n) is 10.9. The predicted molar refractivity (Wildman–Crippen MR) is 135 cm³/mol. The van der Waals surface area contributed by atoms with Gasteiger partial charge < -0.3 is 5.32 Å². The number of halogens is 2. The second-order valence-corrected chi connectivity index (χ2v) is 10.8. The largest absolute Gasteiger partial charge is 0.320 e. The summed E-state index contributed by atoms with van der Waals surface area (Å²) in [6, 6.07) is 18.0. The van der Waals surface area contributed by atoms with E-state index in [1.54, 1.807) is 57.2 Å². The van der Waals surface area contributed by atoms with Crippen molar-refractivity contribution in [2.24, 2.45) is 0 Å². The van der Waals surface area contributed by atoms with Gasteiger partial charge >= 0.3 is 0 Å². The normalized spacial score (nSPS) is 12.5. The molecule has 1 amide bonds. The fourth-order valence-electron chi connectivity index (χ4n) is 3.46. The first kappa shape index (κ1) is 26.7. The second-order valence-electron chi connectivity index (χ2n) is 9.13. The highest BCUT2D eigenvalue weighted by atomic mass is 32.2. The number of carbonyl (C=O) groups excluding carboxylic acids is 1. The summed E-state index contributed by atoms with van der Waals surface area (Å²) < 4.78 is 56.8. The summed E-state index contributed by atoms with van der Waals surface area (Å²) in [5.74, 6) is -2.83. The van der Waals surface area contributed by atoms with Gasteiger partial charge in [0.25, 0.3) is 5.91 Å². The number of amides is 1. The van der Waals surface area contributed by atoms with Gasteiger partial charge in [0.05, 0.1) is 10.5 Å². The van der Waals surface area contributed by atoms with Crippen molar-refractivity contribution in [2.75, 3.05) is 5.32 Å². The first-order valence-corrected chi connectivity index (χ1v) is 12.4. The number of hydrogen-bond acceptors (Lipinski definition) is 4. The average molecular weight is 510 g/mol. The maximum absolute atomic E-state index is 14.8. The van der Waals surface area contributed by atoms with Crippen molar-refractivity contribution in [3.8, 4) is 17.2 Å². The van der Waals surface area contributed by atoms with Crippen molar-refractivity contribution in [3.05, 3.63) is 89.5 Å². The number of nitrogens with one attached hydrogen (secondary N) is 2. The Hall–Kier alpha value is -3.87. The van der Waals surface area contributed by atoms with Crippen LogP contribution in [0.5, 0.6) is 0 Å². The molecule has 0 radical (unpaired) electrons. The zero-order valence-corrected chi connectivity index (χ0v) is 21.0. The van der Waals surface area contributed by atoms with Gasteiger partial charge in [-0.1, -0.05) is 36.4 Å². The number of hydrogen-bond donors (Lipinski definition) is 2. The summed E-state index contributed by atoms with van der Waals surface area (Å²) in [5, 5.41) is 11.4. The van der Waals surface area contributed by atoms with Crippen LogP contribution in [0.1, 0.15) is 38.8 Å². The number of benzene rings is 3. The fourth-order valence-corrected chi connectivity index (χ4v) is 5.11. The third-order valence-corrected chi connectivity index (χ3v) is 6.94. The van der Waals surface area contributed by atoms with E-state index >= 15 is 0 Å². The van der Waals surface area contributed by atoms with Crippen LogP contribution in [-0.4, -0.2) is 19.9 Å². The minimum Gasteiger partial charge on any atom is -0.320 e. The van der Waals surface area contributed by atoms with Crippen molar-refractivity contribution in [2.45, 2.75) is 38.1 Å². The smallest absolute Gasteiger partial charge is 0.284 e. The third kappa shape index (κ3) is 6.22. The van der Waals surface area contributed by atoms with E-state index < -0.39 is 33.1 Å². The first-order chi connectivity index (χ1) is 16.8. The van der Waals surface area contributed by atoms with E-state index in [9.17, 15) is 22.0 Å². The Balaban J connectivity index is 1.85. The summed E-state index contributed by atoms with van der Waals surface area (Å²) in [4.78, 5) is 12.6. The Bertz CT molecular complexity index is 1480. The number of allylic oxidation sites excluding steroid dienone is 1. The molecule has 3 rings (SSSR count). The highest BCUT2D eigenvalue weighted by molar-refractivity contribution is 7.89. The molecule has 0 aliphatic carbocycles. The highest BCUT2D eigenvalue weighted by Gasteiger charge is 2.24. The van der Waals surface area contributed by atoms with Crippen molar-refractivity contribution < 1.29 is 22.0 Å². The van der Waals surface area contributed by atoms with Crippen LogP contribution in [0.4, 0.5) is 14.5 Å². The van der Waals surface area contributed by atoms with Gasteiger partial charge in [-0.05, 0) is 74.7 Å². The van der Waals surface area contributed by atoms with Crippen molar-refractivity contribution in [1.82, 2.24) is 4.72 Å². The molecule has 0 aliphatic heterocycles. The number of carbonyl (C=O) groups is 1. The van der Waals surface area contributed by atoms with Crippen LogP contribution in [0.15, 0.2) is 77.5 Å². The van der Waals surface area contributed by atoms with Gasteiger partial charge in [0.15, 0.2) is 5.83 Å². The summed E-state index contributed by atoms with van der Waals surface area (Å²) in [7, 11) is -3.80. The van der Waals surface area contributed by atoms with Crippen LogP contribution in [0.25, 0.3) is 16.7 Å². The van der Waals surface area contributed by atoms with Crippen molar-refractivity contribution in [1.29, 1.82) is 5.26 Å². The third-order valence-electron chi connectivity index (χ3n) is 5.12. The van der Waals surface area contributed by atoms with E-state index in [0.717, 1.165) is 6.07 Å². The molecule has 36 heavy (non-hydrogen) atoms. The molecule has 3 aromatic carbocycles. The number of nitriles is 1. The summed E-state index contributed by atoms with van der Waals surface area (Å²) in [6.45, 7) is 6.60. The summed E-state index contributed by atoms with van der Waals surface area (Å²) in [6.07, 6.45) is 0. The van der Waals surface area contributed by atoms with E-state index in [-0.39, 0.29) is 27.3 Å². The van der Waals surface area contributed by atoms with Gasteiger partial charge in [-0.3, -0.25) is 4.79 Å². The zero-order chi connectivity index (χ0) is 26.7. The molecule has 186 valence electrons. The van der Waals surface area contributed by atoms with Crippen molar-refractivity contribution in [3.63, 3.8) is 0 Å². The van der Waals surface area contributed by atoms with Crippen LogP contribution >= 0.6 is 0 Å². The molecule has 2 N–H and O–H groups in total. The molecule has 0 saturated carbocycles. The molecule has 9 heteroatoms. The molecule has 6 nitrogen and oxygen atoms in total. The number of anilines is 1. The lowest BCUT2D eigenvalue weighted by atomic mass is 10.0. The lowest BCUT2D eigenvalue weighted by Gasteiger charge is -2.21. The Kier molecular flexibility index (Phi) is 7.72. The van der Waals surface area contributed by atoms with Crippen LogP contribution in [0.2, 0.25) is 0 Å². The quantitative estimate of drug-likeness (QED) is 0.412. The minimum atomic E-state index is -3.80. The SMILES string of the molecule is C/C(=C(/F)C(=O)Nc1ccc(-c2ccccc2S(=O)(=O)NC(C)(C)C)cc1)c1ccc(F)c(C#N)c1. The molecule has 0 bridgehead atoms. The van der Waals surface area contributed by atoms with Gasteiger partial charge in [-0.2, -0.15) is 5.26 Å². The van der Waals surface area contributed by atoms with Crippen LogP contribution in [-0.2, 0) is 14.8 Å². The van der Waals surface area contributed by atoms with Crippen molar-refractivity contribution >= 4 is 27.2 Å². The molecule has 0 atom stereocenters. The summed E-state index contributed by atoms with van der Waals surface area (Å²) >= 11 is 0. The average Bonchev–Trinajstić information content (AvgIpc) is 2.82.